The molecule has 1 fully saturated rings. The molecule has 6 nitrogen and oxygen atoms in total. The summed E-state index contributed by atoms with van der Waals surface area (Å²) in [5, 5.41) is 0. The number of carbonyl (C=O) groups is 1. The lowest BCUT2D eigenvalue weighted by Gasteiger charge is -2.26. The van der Waals surface area contributed by atoms with Gasteiger partial charge in [0.25, 0.3) is 5.91 Å². The molecule has 0 aromatic heterocycles. The molecular weight excluding hydrogens is 256 g/mol. The zero-order chi connectivity index (χ0) is 13.2. The fourth-order valence-electron chi connectivity index (χ4n) is 1.71. The number of hydrogen-bond donors (Lipinski definition) is 1. The number of rotatable bonds is 3. The SMILES string of the molecule is CS(=O)(=O)Nc1ccc(N2CCOCC2=O)cc1. The Hall–Kier alpha value is -1.60. The van der Waals surface area contributed by atoms with E-state index in [0.29, 0.717) is 18.8 Å². The molecule has 1 aromatic rings. The predicted molar refractivity (Wildman–Crippen MR) is 68.1 cm³/mol. The molecule has 1 amide bonds. The molecule has 1 saturated heterocycles. The molecule has 1 aliphatic heterocycles. The van der Waals surface area contributed by atoms with E-state index in [0.717, 1.165) is 11.9 Å². The van der Waals surface area contributed by atoms with E-state index in [-0.39, 0.29) is 12.5 Å². The van der Waals surface area contributed by atoms with Crippen LogP contribution < -0.4 is 9.62 Å². The zero-order valence-electron chi connectivity index (χ0n) is 9.92. The van der Waals surface area contributed by atoms with Gasteiger partial charge in [0, 0.05) is 17.9 Å². The van der Waals surface area contributed by atoms with E-state index < -0.39 is 10.0 Å². The normalized spacial score (nSPS) is 16.7. The Morgan fingerprint density at radius 3 is 2.50 bits per heavy atom. The summed E-state index contributed by atoms with van der Waals surface area (Å²) in [6, 6.07) is 6.66. The minimum absolute atomic E-state index is 0.0866. The van der Waals surface area contributed by atoms with Crippen LogP contribution in [0.4, 0.5) is 11.4 Å². The molecule has 1 aromatic carbocycles. The Kier molecular flexibility index (Phi) is 3.53. The number of nitrogens with zero attached hydrogens (tertiary/aromatic N) is 1. The molecule has 0 saturated carbocycles. The molecule has 98 valence electrons. The van der Waals surface area contributed by atoms with E-state index >= 15 is 0 Å². The second-order valence-corrected chi connectivity index (χ2v) is 5.77. The molecule has 0 radical (unpaired) electrons. The summed E-state index contributed by atoms with van der Waals surface area (Å²) in [7, 11) is -3.28. The number of morpholine rings is 1. The predicted octanol–water partition coefficient (Wildman–Crippen LogP) is 0.421. The van der Waals surface area contributed by atoms with Gasteiger partial charge in [0.2, 0.25) is 10.0 Å². The van der Waals surface area contributed by atoms with E-state index in [1.165, 1.54) is 0 Å². The van der Waals surface area contributed by atoms with Crippen LogP contribution >= 0.6 is 0 Å². The molecule has 1 aliphatic rings. The summed E-state index contributed by atoms with van der Waals surface area (Å²) in [5.74, 6) is -0.0925. The van der Waals surface area contributed by atoms with Crippen LogP contribution in [0.2, 0.25) is 0 Å². The third-order valence-corrected chi connectivity index (χ3v) is 3.07. The van der Waals surface area contributed by atoms with Gasteiger partial charge in [-0.1, -0.05) is 0 Å². The number of sulfonamides is 1. The summed E-state index contributed by atoms with van der Waals surface area (Å²) < 4.78 is 29.5. The first-order valence-corrected chi connectivity index (χ1v) is 7.31. The standard InChI is InChI=1S/C11H14N2O4S/c1-18(15,16)12-9-2-4-10(5-3-9)13-6-7-17-8-11(13)14/h2-5,12H,6-8H2,1H3. The van der Waals surface area contributed by atoms with Crippen molar-refractivity contribution in [1.82, 2.24) is 0 Å². The van der Waals surface area contributed by atoms with Crippen molar-refractivity contribution < 1.29 is 17.9 Å². The second-order valence-electron chi connectivity index (χ2n) is 4.02. The van der Waals surface area contributed by atoms with E-state index in [1.807, 2.05) is 0 Å². The number of amides is 1. The lowest BCUT2D eigenvalue weighted by atomic mass is 10.2. The fraction of sp³-hybridized carbons (Fsp3) is 0.364. The molecule has 1 heterocycles. The van der Waals surface area contributed by atoms with Gasteiger partial charge < -0.3 is 9.64 Å². The summed E-state index contributed by atoms with van der Waals surface area (Å²) >= 11 is 0. The minimum Gasteiger partial charge on any atom is -0.370 e. The Morgan fingerprint density at radius 2 is 1.94 bits per heavy atom. The van der Waals surface area contributed by atoms with E-state index in [2.05, 4.69) is 4.72 Å². The smallest absolute Gasteiger partial charge is 0.253 e. The summed E-state index contributed by atoms with van der Waals surface area (Å²) in [6.45, 7) is 1.11. The first-order valence-electron chi connectivity index (χ1n) is 5.42. The molecule has 0 bridgehead atoms. The van der Waals surface area contributed by atoms with Gasteiger partial charge >= 0.3 is 0 Å². The molecule has 0 atom stereocenters. The molecular formula is C11H14N2O4S. The minimum atomic E-state index is -3.28. The maximum Gasteiger partial charge on any atom is 0.253 e. The van der Waals surface area contributed by atoms with Crippen LogP contribution in [0.5, 0.6) is 0 Å². The van der Waals surface area contributed by atoms with E-state index in [9.17, 15) is 13.2 Å². The van der Waals surface area contributed by atoms with Crippen molar-refractivity contribution in [2.75, 3.05) is 35.6 Å². The van der Waals surface area contributed by atoms with Gasteiger partial charge in [-0.05, 0) is 24.3 Å². The van der Waals surface area contributed by atoms with E-state index in [1.54, 1.807) is 29.2 Å². The highest BCUT2D eigenvalue weighted by Gasteiger charge is 2.19. The first kappa shape index (κ1) is 12.8. The van der Waals surface area contributed by atoms with Gasteiger partial charge in [0.15, 0.2) is 0 Å². The average molecular weight is 270 g/mol. The van der Waals surface area contributed by atoms with Crippen molar-refractivity contribution in [2.24, 2.45) is 0 Å². The number of carbonyl (C=O) groups excluding carboxylic acids is 1. The highest BCUT2D eigenvalue weighted by Crippen LogP contribution is 2.19. The van der Waals surface area contributed by atoms with Crippen LogP contribution in [0.15, 0.2) is 24.3 Å². The van der Waals surface area contributed by atoms with Gasteiger partial charge in [-0.15, -0.1) is 0 Å². The van der Waals surface area contributed by atoms with Crippen LogP contribution in [-0.2, 0) is 19.6 Å². The zero-order valence-corrected chi connectivity index (χ0v) is 10.7. The van der Waals surface area contributed by atoms with Gasteiger partial charge in [-0.2, -0.15) is 0 Å². The molecule has 1 N–H and O–H groups in total. The Bertz CT molecular complexity index is 539. The molecule has 7 heteroatoms. The molecule has 0 aliphatic carbocycles. The Labute approximate surface area is 106 Å². The average Bonchev–Trinajstić information content (AvgIpc) is 2.29. The number of anilines is 2. The van der Waals surface area contributed by atoms with Gasteiger partial charge in [-0.3, -0.25) is 9.52 Å². The van der Waals surface area contributed by atoms with Crippen LogP contribution in [0, 0.1) is 0 Å². The van der Waals surface area contributed by atoms with Crippen LogP contribution in [0.3, 0.4) is 0 Å². The lowest BCUT2D eigenvalue weighted by Crippen LogP contribution is -2.41. The van der Waals surface area contributed by atoms with Crippen molar-refractivity contribution in [3.63, 3.8) is 0 Å². The second kappa shape index (κ2) is 4.95. The van der Waals surface area contributed by atoms with Crippen molar-refractivity contribution in [3.05, 3.63) is 24.3 Å². The first-order chi connectivity index (χ1) is 8.46. The largest absolute Gasteiger partial charge is 0.370 e. The molecule has 0 spiro atoms. The van der Waals surface area contributed by atoms with Crippen LogP contribution in [-0.4, -0.2) is 40.3 Å². The number of benzene rings is 1. The van der Waals surface area contributed by atoms with Gasteiger partial charge in [-0.25, -0.2) is 8.42 Å². The van der Waals surface area contributed by atoms with Crippen LogP contribution in [0.1, 0.15) is 0 Å². The van der Waals surface area contributed by atoms with E-state index in [4.69, 9.17) is 4.74 Å². The highest BCUT2D eigenvalue weighted by atomic mass is 32.2. The lowest BCUT2D eigenvalue weighted by molar-refractivity contribution is -0.125. The van der Waals surface area contributed by atoms with Crippen molar-refractivity contribution >= 4 is 27.3 Å². The topological polar surface area (TPSA) is 75.7 Å². The third kappa shape index (κ3) is 3.21. The van der Waals surface area contributed by atoms with Crippen molar-refractivity contribution in [1.29, 1.82) is 0 Å². The fourth-order valence-corrected chi connectivity index (χ4v) is 2.28. The monoisotopic (exact) mass is 270 g/mol. The van der Waals surface area contributed by atoms with Crippen LogP contribution in [0.25, 0.3) is 0 Å². The number of nitrogens with one attached hydrogen (secondary N) is 1. The number of hydrogen-bond acceptors (Lipinski definition) is 4. The molecule has 0 unspecified atom stereocenters. The molecule has 2 rings (SSSR count). The quantitative estimate of drug-likeness (QED) is 0.863. The maximum absolute atomic E-state index is 11.6. The third-order valence-electron chi connectivity index (χ3n) is 2.47. The summed E-state index contributed by atoms with van der Waals surface area (Å²) in [5.41, 5.74) is 1.21. The van der Waals surface area contributed by atoms with Gasteiger partial charge in [0.05, 0.1) is 12.9 Å². The number of ether oxygens (including phenoxy) is 1. The van der Waals surface area contributed by atoms with Crippen molar-refractivity contribution in [2.45, 2.75) is 0 Å². The Balaban J connectivity index is 2.14. The summed E-state index contributed by atoms with van der Waals surface area (Å²) in [4.78, 5) is 13.2. The van der Waals surface area contributed by atoms with Crippen molar-refractivity contribution in [3.8, 4) is 0 Å². The Morgan fingerprint density at radius 1 is 1.28 bits per heavy atom. The summed E-state index contributed by atoms with van der Waals surface area (Å²) in [6.07, 6.45) is 1.09. The maximum atomic E-state index is 11.6. The van der Waals surface area contributed by atoms with Gasteiger partial charge in [0.1, 0.15) is 6.61 Å². The molecule has 18 heavy (non-hydrogen) atoms. The highest BCUT2D eigenvalue weighted by molar-refractivity contribution is 7.92.